The Labute approximate surface area is 241 Å². The van der Waals surface area contributed by atoms with Crippen molar-refractivity contribution in [2.24, 2.45) is 12.5 Å². The van der Waals surface area contributed by atoms with Crippen molar-refractivity contribution in [2.75, 3.05) is 6.54 Å². The third-order valence-electron chi connectivity index (χ3n) is 8.78. The van der Waals surface area contributed by atoms with Gasteiger partial charge < -0.3 is 19.8 Å². The summed E-state index contributed by atoms with van der Waals surface area (Å²) in [6.45, 7) is 4.23. The van der Waals surface area contributed by atoms with Crippen molar-refractivity contribution in [3.05, 3.63) is 86.7 Å². The standard InChI is InChI=1S/C31H39Cl2N5O/c1-21-13-26(31(20-36-21)9-5-3-4-6-10-31)24-14-23(19-38-12-11-37(2)30(38)34)15-25(17-24)29(39)35-18-22-7-8-27(32)28(33)16-22/h7-8,11-12,14-17,21,26,34,36H,3-6,9-10,13,18-20H2,1-2H3,(H,35,39). The van der Waals surface area contributed by atoms with Crippen molar-refractivity contribution >= 4 is 29.1 Å². The summed E-state index contributed by atoms with van der Waals surface area (Å²) < 4.78 is 3.71. The number of carbonyl (C=O) groups is 1. The Bertz CT molecular complexity index is 1390. The molecule has 5 rings (SSSR count). The second-order valence-corrected chi connectivity index (χ2v) is 12.4. The van der Waals surface area contributed by atoms with E-state index < -0.39 is 0 Å². The molecule has 208 valence electrons. The third-order valence-corrected chi connectivity index (χ3v) is 9.52. The summed E-state index contributed by atoms with van der Waals surface area (Å²) in [7, 11) is 1.88. The van der Waals surface area contributed by atoms with Gasteiger partial charge in [0.25, 0.3) is 5.91 Å². The number of halogens is 2. The summed E-state index contributed by atoms with van der Waals surface area (Å²) in [6.07, 6.45) is 12.5. The Morgan fingerprint density at radius 2 is 1.82 bits per heavy atom. The van der Waals surface area contributed by atoms with Gasteiger partial charge in [-0.2, -0.15) is 0 Å². The number of imidazole rings is 1. The molecule has 1 aromatic heterocycles. The maximum Gasteiger partial charge on any atom is 0.251 e. The summed E-state index contributed by atoms with van der Waals surface area (Å²) in [5.41, 5.74) is 4.52. The Kier molecular flexibility index (Phi) is 8.55. The molecule has 2 unspecified atom stereocenters. The van der Waals surface area contributed by atoms with Crippen molar-refractivity contribution in [3.8, 4) is 0 Å². The van der Waals surface area contributed by atoms with E-state index in [0.29, 0.717) is 46.3 Å². The lowest BCUT2D eigenvalue weighted by molar-refractivity contribution is 0.0949. The van der Waals surface area contributed by atoms with Gasteiger partial charge in [-0.1, -0.05) is 61.0 Å². The predicted octanol–water partition coefficient (Wildman–Crippen LogP) is 6.40. The fraction of sp³-hybridized carbons (Fsp3) is 0.484. The van der Waals surface area contributed by atoms with Gasteiger partial charge in [0, 0.05) is 44.1 Å². The van der Waals surface area contributed by atoms with E-state index in [1.807, 2.05) is 36.1 Å². The molecule has 1 amide bonds. The zero-order chi connectivity index (χ0) is 27.6. The second-order valence-electron chi connectivity index (χ2n) is 11.6. The van der Waals surface area contributed by atoms with E-state index >= 15 is 0 Å². The summed E-state index contributed by atoms with van der Waals surface area (Å²) in [6, 6.07) is 12.3. The number of hydrogen-bond acceptors (Lipinski definition) is 3. The van der Waals surface area contributed by atoms with Crippen LogP contribution < -0.4 is 16.3 Å². The lowest BCUT2D eigenvalue weighted by Crippen LogP contribution is -2.49. The monoisotopic (exact) mass is 567 g/mol. The van der Waals surface area contributed by atoms with E-state index in [4.69, 9.17) is 28.6 Å². The van der Waals surface area contributed by atoms with Crippen molar-refractivity contribution in [3.63, 3.8) is 0 Å². The first-order valence-electron chi connectivity index (χ1n) is 14.1. The fourth-order valence-corrected chi connectivity index (χ4v) is 6.88. The smallest absolute Gasteiger partial charge is 0.251 e. The van der Waals surface area contributed by atoms with Crippen molar-refractivity contribution in [2.45, 2.75) is 76.9 Å². The van der Waals surface area contributed by atoms with Crippen LogP contribution in [0.15, 0.2) is 48.8 Å². The van der Waals surface area contributed by atoms with Crippen LogP contribution in [0, 0.1) is 10.8 Å². The van der Waals surface area contributed by atoms with Crippen LogP contribution in [-0.2, 0) is 20.1 Å². The van der Waals surface area contributed by atoms with Crippen LogP contribution in [0.4, 0.5) is 0 Å². The molecule has 1 spiro atoms. The number of rotatable bonds is 6. The van der Waals surface area contributed by atoms with Crippen LogP contribution >= 0.6 is 23.2 Å². The zero-order valence-electron chi connectivity index (χ0n) is 22.9. The Balaban J connectivity index is 1.49. The molecule has 2 aliphatic rings. The van der Waals surface area contributed by atoms with Gasteiger partial charge in [-0.25, -0.2) is 0 Å². The van der Waals surface area contributed by atoms with E-state index in [-0.39, 0.29) is 11.3 Å². The minimum Gasteiger partial charge on any atom is -0.348 e. The quantitative estimate of drug-likeness (QED) is 0.322. The van der Waals surface area contributed by atoms with Gasteiger partial charge in [-0.15, -0.1) is 0 Å². The molecule has 39 heavy (non-hydrogen) atoms. The summed E-state index contributed by atoms with van der Waals surface area (Å²) in [5.74, 6) is 0.287. The highest BCUT2D eigenvalue weighted by atomic mass is 35.5. The van der Waals surface area contributed by atoms with Gasteiger partial charge in [0.1, 0.15) is 0 Å². The molecule has 1 saturated heterocycles. The predicted molar refractivity (Wildman–Crippen MR) is 157 cm³/mol. The molecule has 1 aliphatic carbocycles. The highest BCUT2D eigenvalue weighted by molar-refractivity contribution is 6.42. The van der Waals surface area contributed by atoms with Gasteiger partial charge in [-0.3, -0.25) is 10.2 Å². The van der Waals surface area contributed by atoms with Crippen LogP contribution in [0.3, 0.4) is 0 Å². The minimum absolute atomic E-state index is 0.106. The molecule has 1 aliphatic heterocycles. The van der Waals surface area contributed by atoms with Crippen LogP contribution in [-0.4, -0.2) is 27.6 Å². The molecule has 0 bridgehead atoms. The van der Waals surface area contributed by atoms with Gasteiger partial charge >= 0.3 is 0 Å². The first-order valence-corrected chi connectivity index (χ1v) is 14.9. The van der Waals surface area contributed by atoms with Crippen LogP contribution in [0.5, 0.6) is 0 Å². The number of piperidine rings is 1. The number of hydrogen-bond donors (Lipinski definition) is 3. The van der Waals surface area contributed by atoms with Crippen molar-refractivity contribution in [1.29, 1.82) is 5.41 Å². The zero-order valence-corrected chi connectivity index (χ0v) is 24.4. The number of nitrogens with zero attached hydrogens (tertiary/aromatic N) is 2. The first-order chi connectivity index (χ1) is 18.7. The third kappa shape index (κ3) is 6.29. The minimum atomic E-state index is -0.106. The van der Waals surface area contributed by atoms with Gasteiger partial charge in [0.2, 0.25) is 5.62 Å². The first kappa shape index (κ1) is 28.0. The lowest BCUT2D eigenvalue weighted by Gasteiger charge is -2.47. The molecule has 0 radical (unpaired) electrons. The molecule has 8 heteroatoms. The Morgan fingerprint density at radius 1 is 1.05 bits per heavy atom. The topological polar surface area (TPSA) is 74.8 Å². The highest BCUT2D eigenvalue weighted by Crippen LogP contribution is 2.50. The van der Waals surface area contributed by atoms with Crippen molar-refractivity contribution in [1.82, 2.24) is 19.8 Å². The molecular formula is C31H39Cl2N5O. The molecule has 3 N–H and O–H groups in total. The number of aromatic nitrogens is 2. The van der Waals surface area contributed by atoms with Crippen LogP contribution in [0.25, 0.3) is 0 Å². The number of amides is 1. The average molecular weight is 569 g/mol. The number of benzene rings is 2. The number of carbonyl (C=O) groups excluding carboxylic acids is 1. The Hall–Kier alpha value is -2.54. The normalized spacial score (nSPS) is 21.0. The summed E-state index contributed by atoms with van der Waals surface area (Å²) in [4.78, 5) is 13.5. The molecule has 1 saturated carbocycles. The number of aryl methyl sites for hydroxylation is 1. The maximum absolute atomic E-state index is 13.5. The van der Waals surface area contributed by atoms with Crippen LogP contribution in [0.1, 0.15) is 84.8 Å². The van der Waals surface area contributed by atoms with E-state index in [0.717, 1.165) is 24.1 Å². The largest absolute Gasteiger partial charge is 0.348 e. The molecule has 2 fully saturated rings. The molecular weight excluding hydrogens is 529 g/mol. The second kappa shape index (κ2) is 11.9. The van der Waals surface area contributed by atoms with Crippen molar-refractivity contribution < 1.29 is 4.79 Å². The highest BCUT2D eigenvalue weighted by Gasteiger charge is 2.43. The molecule has 3 aromatic rings. The molecule has 2 atom stereocenters. The SMILES string of the molecule is CC1CC(c2cc(Cn3ccn(C)c3=N)cc(C(=O)NCc3ccc(Cl)c(Cl)c3)c2)C2(CCCCCC2)CN1. The van der Waals surface area contributed by atoms with Gasteiger partial charge in [0.15, 0.2) is 0 Å². The van der Waals surface area contributed by atoms with Gasteiger partial charge in [0.05, 0.1) is 16.6 Å². The summed E-state index contributed by atoms with van der Waals surface area (Å²) >= 11 is 12.3. The Morgan fingerprint density at radius 3 is 2.51 bits per heavy atom. The lowest BCUT2D eigenvalue weighted by atomic mass is 9.63. The van der Waals surface area contributed by atoms with Crippen LogP contribution in [0.2, 0.25) is 10.0 Å². The maximum atomic E-state index is 13.5. The fourth-order valence-electron chi connectivity index (χ4n) is 6.56. The molecule has 2 heterocycles. The average Bonchev–Trinajstić information content (AvgIpc) is 3.10. The molecule has 2 aromatic carbocycles. The van der Waals surface area contributed by atoms with Gasteiger partial charge in [-0.05, 0) is 78.5 Å². The van der Waals surface area contributed by atoms with E-state index in [2.05, 4.69) is 29.7 Å². The van der Waals surface area contributed by atoms with E-state index in [1.54, 1.807) is 16.7 Å². The van der Waals surface area contributed by atoms with E-state index in [1.165, 1.54) is 44.1 Å². The summed E-state index contributed by atoms with van der Waals surface area (Å²) in [5, 5.41) is 16.3. The molecule has 6 nitrogen and oxygen atoms in total. The number of nitrogens with one attached hydrogen (secondary N) is 3. The van der Waals surface area contributed by atoms with E-state index in [9.17, 15) is 4.79 Å².